The highest BCUT2D eigenvalue weighted by atomic mass is 35.5. The predicted molar refractivity (Wildman–Crippen MR) is 46.2 cm³/mol. The molecule has 0 bridgehead atoms. The van der Waals surface area contributed by atoms with Crippen molar-refractivity contribution >= 4 is 18.4 Å². The van der Waals surface area contributed by atoms with E-state index in [1.54, 1.807) is 0 Å². The molecular weight excluding hydrogens is 182 g/mol. The van der Waals surface area contributed by atoms with Crippen molar-refractivity contribution in [3.63, 3.8) is 0 Å². The van der Waals surface area contributed by atoms with E-state index in [1.807, 2.05) is 0 Å². The van der Waals surface area contributed by atoms with Gasteiger partial charge in [0.1, 0.15) is 0 Å². The fourth-order valence-corrected chi connectivity index (χ4v) is 1.12. The molecule has 0 aliphatic carbocycles. The Labute approximate surface area is 77.8 Å². The van der Waals surface area contributed by atoms with E-state index in [1.165, 1.54) is 7.11 Å². The minimum atomic E-state index is -0.441. The molecule has 1 fully saturated rings. The van der Waals surface area contributed by atoms with Gasteiger partial charge in [0, 0.05) is 12.6 Å². The molecule has 4 nitrogen and oxygen atoms in total. The van der Waals surface area contributed by atoms with Gasteiger partial charge in [0.25, 0.3) is 0 Å². The van der Waals surface area contributed by atoms with Crippen LogP contribution < -0.4 is 5.73 Å². The van der Waals surface area contributed by atoms with E-state index in [2.05, 4.69) is 4.74 Å². The van der Waals surface area contributed by atoms with Crippen molar-refractivity contribution in [3.05, 3.63) is 0 Å². The molecule has 2 atom stereocenters. The SMILES string of the molecule is COC(=O)[C@@H]1C[C@@H](N)CCO1.Cl. The van der Waals surface area contributed by atoms with Gasteiger partial charge in [-0.15, -0.1) is 12.4 Å². The summed E-state index contributed by atoms with van der Waals surface area (Å²) in [6, 6.07) is 0.0767. The first-order valence-corrected chi connectivity index (χ1v) is 3.69. The van der Waals surface area contributed by atoms with Crippen molar-refractivity contribution in [1.29, 1.82) is 0 Å². The van der Waals surface area contributed by atoms with Gasteiger partial charge in [-0.1, -0.05) is 0 Å². The van der Waals surface area contributed by atoms with Crippen LogP contribution in [0, 0.1) is 0 Å². The summed E-state index contributed by atoms with van der Waals surface area (Å²) in [6.45, 7) is 0.556. The van der Waals surface area contributed by atoms with Crippen LogP contribution in [0.2, 0.25) is 0 Å². The van der Waals surface area contributed by atoms with Crippen LogP contribution >= 0.6 is 12.4 Å². The Morgan fingerprint density at radius 2 is 2.33 bits per heavy atom. The van der Waals surface area contributed by atoms with Crippen LogP contribution in [-0.4, -0.2) is 31.8 Å². The Morgan fingerprint density at radius 1 is 1.67 bits per heavy atom. The van der Waals surface area contributed by atoms with Gasteiger partial charge in [0.05, 0.1) is 7.11 Å². The molecule has 1 saturated heterocycles. The minimum absolute atomic E-state index is 0. The molecule has 0 saturated carbocycles. The maximum Gasteiger partial charge on any atom is 0.335 e. The first-order valence-electron chi connectivity index (χ1n) is 3.69. The highest BCUT2D eigenvalue weighted by Gasteiger charge is 2.26. The van der Waals surface area contributed by atoms with Crippen LogP contribution in [0.25, 0.3) is 0 Å². The van der Waals surface area contributed by atoms with E-state index < -0.39 is 6.10 Å². The van der Waals surface area contributed by atoms with Gasteiger partial charge < -0.3 is 15.2 Å². The van der Waals surface area contributed by atoms with Crippen LogP contribution in [-0.2, 0) is 14.3 Å². The summed E-state index contributed by atoms with van der Waals surface area (Å²) in [5.41, 5.74) is 5.63. The molecule has 5 heteroatoms. The van der Waals surface area contributed by atoms with E-state index >= 15 is 0 Å². The van der Waals surface area contributed by atoms with Gasteiger partial charge in [-0.3, -0.25) is 0 Å². The third-order valence-corrected chi connectivity index (χ3v) is 1.79. The zero-order valence-corrected chi connectivity index (χ0v) is 7.80. The monoisotopic (exact) mass is 195 g/mol. The lowest BCUT2D eigenvalue weighted by molar-refractivity contribution is -0.157. The van der Waals surface area contributed by atoms with E-state index in [0.29, 0.717) is 13.0 Å². The molecule has 1 rings (SSSR count). The molecule has 0 unspecified atom stereocenters. The van der Waals surface area contributed by atoms with Gasteiger partial charge in [-0.25, -0.2) is 4.79 Å². The Hall–Kier alpha value is -0.320. The van der Waals surface area contributed by atoms with Gasteiger partial charge in [0.15, 0.2) is 6.10 Å². The first-order chi connectivity index (χ1) is 5.24. The fourth-order valence-electron chi connectivity index (χ4n) is 1.12. The molecule has 0 aromatic carbocycles. The third-order valence-electron chi connectivity index (χ3n) is 1.79. The fraction of sp³-hybridized carbons (Fsp3) is 0.857. The largest absolute Gasteiger partial charge is 0.467 e. The standard InChI is InChI=1S/C7H13NO3.ClH/c1-10-7(9)6-4-5(8)2-3-11-6;/h5-6H,2-4,8H2,1H3;1H/t5-,6-;/m0./s1. The number of hydrogen-bond donors (Lipinski definition) is 1. The number of hydrogen-bond acceptors (Lipinski definition) is 4. The molecule has 0 aromatic rings. The summed E-state index contributed by atoms with van der Waals surface area (Å²) in [5.74, 6) is -0.319. The van der Waals surface area contributed by atoms with Crippen LogP contribution in [0.15, 0.2) is 0 Å². The normalized spacial score (nSPS) is 28.8. The summed E-state index contributed by atoms with van der Waals surface area (Å²) in [4.78, 5) is 10.9. The van der Waals surface area contributed by atoms with Gasteiger partial charge >= 0.3 is 5.97 Å². The summed E-state index contributed by atoms with van der Waals surface area (Å²) < 4.78 is 9.67. The summed E-state index contributed by atoms with van der Waals surface area (Å²) in [6.07, 6.45) is 0.962. The van der Waals surface area contributed by atoms with Crippen LogP contribution in [0.3, 0.4) is 0 Å². The van der Waals surface area contributed by atoms with Gasteiger partial charge in [-0.05, 0) is 12.8 Å². The second kappa shape index (κ2) is 5.35. The Morgan fingerprint density at radius 3 is 2.83 bits per heavy atom. The van der Waals surface area contributed by atoms with Crippen LogP contribution in [0.4, 0.5) is 0 Å². The molecule has 0 radical (unpaired) electrons. The quantitative estimate of drug-likeness (QED) is 0.603. The Kier molecular flexibility index (Phi) is 5.20. The smallest absolute Gasteiger partial charge is 0.335 e. The molecule has 0 amide bonds. The van der Waals surface area contributed by atoms with E-state index in [-0.39, 0.29) is 24.4 Å². The maximum absolute atomic E-state index is 10.9. The molecule has 0 spiro atoms. The van der Waals surface area contributed by atoms with Gasteiger partial charge in [-0.2, -0.15) is 0 Å². The summed E-state index contributed by atoms with van der Waals surface area (Å²) >= 11 is 0. The second-order valence-electron chi connectivity index (χ2n) is 2.67. The third kappa shape index (κ3) is 2.97. The Balaban J connectivity index is 0.00000121. The number of halogens is 1. The molecule has 2 N–H and O–H groups in total. The molecule has 12 heavy (non-hydrogen) atoms. The van der Waals surface area contributed by atoms with Crippen molar-refractivity contribution in [2.75, 3.05) is 13.7 Å². The average molecular weight is 196 g/mol. The van der Waals surface area contributed by atoms with Crippen molar-refractivity contribution in [1.82, 2.24) is 0 Å². The molecule has 0 aromatic heterocycles. The first kappa shape index (κ1) is 11.7. The lowest BCUT2D eigenvalue weighted by atomic mass is 10.0. The number of methoxy groups -OCH3 is 1. The van der Waals surface area contributed by atoms with Crippen LogP contribution in [0.5, 0.6) is 0 Å². The summed E-state index contributed by atoms with van der Waals surface area (Å²) in [7, 11) is 1.35. The second-order valence-corrected chi connectivity index (χ2v) is 2.67. The lowest BCUT2D eigenvalue weighted by Crippen LogP contribution is -2.39. The predicted octanol–water partition coefficient (Wildman–Crippen LogP) is 0.0875. The lowest BCUT2D eigenvalue weighted by Gasteiger charge is -2.24. The highest BCUT2D eigenvalue weighted by molar-refractivity contribution is 5.85. The topological polar surface area (TPSA) is 61.5 Å². The Bertz CT molecular complexity index is 154. The van der Waals surface area contributed by atoms with Crippen molar-refractivity contribution in [2.24, 2.45) is 5.73 Å². The average Bonchev–Trinajstić information content (AvgIpc) is 2.03. The van der Waals surface area contributed by atoms with Crippen molar-refractivity contribution in [3.8, 4) is 0 Å². The zero-order chi connectivity index (χ0) is 8.27. The highest BCUT2D eigenvalue weighted by Crippen LogP contribution is 2.12. The molecular formula is C7H14ClNO3. The molecule has 1 aliphatic heterocycles. The van der Waals surface area contributed by atoms with Gasteiger partial charge in [0.2, 0.25) is 0 Å². The summed E-state index contributed by atoms with van der Waals surface area (Å²) in [5, 5.41) is 0. The molecule has 72 valence electrons. The zero-order valence-electron chi connectivity index (χ0n) is 6.99. The van der Waals surface area contributed by atoms with E-state index in [4.69, 9.17) is 10.5 Å². The van der Waals surface area contributed by atoms with Crippen molar-refractivity contribution < 1.29 is 14.3 Å². The molecule has 1 heterocycles. The maximum atomic E-state index is 10.9. The number of carbonyl (C=O) groups excluding carboxylic acids is 1. The van der Waals surface area contributed by atoms with Crippen LogP contribution in [0.1, 0.15) is 12.8 Å². The number of carbonyl (C=O) groups is 1. The van der Waals surface area contributed by atoms with E-state index in [9.17, 15) is 4.79 Å². The van der Waals surface area contributed by atoms with E-state index in [0.717, 1.165) is 6.42 Å². The minimum Gasteiger partial charge on any atom is -0.467 e. The number of ether oxygens (including phenoxy) is 2. The number of esters is 1. The molecule has 1 aliphatic rings. The van der Waals surface area contributed by atoms with Crippen molar-refractivity contribution in [2.45, 2.75) is 25.0 Å². The number of rotatable bonds is 1. The number of nitrogens with two attached hydrogens (primary N) is 1.